The SMILES string of the molecule is CN(C(=O)OC(C)(C)C)C(Cc1ccc(O)cc1)C(=O)N1CCN(c2ccccc2F)CC1. The molecule has 8 heteroatoms. The molecule has 1 atom stereocenters. The average molecular weight is 458 g/mol. The summed E-state index contributed by atoms with van der Waals surface area (Å²) in [5.74, 6) is -0.344. The summed E-state index contributed by atoms with van der Waals surface area (Å²) < 4.78 is 19.6. The molecule has 1 aliphatic rings. The van der Waals surface area contributed by atoms with Gasteiger partial charge in [-0.15, -0.1) is 0 Å². The van der Waals surface area contributed by atoms with E-state index in [-0.39, 0.29) is 23.9 Å². The molecule has 1 unspecified atom stereocenters. The summed E-state index contributed by atoms with van der Waals surface area (Å²) >= 11 is 0. The van der Waals surface area contributed by atoms with Crippen molar-refractivity contribution in [1.29, 1.82) is 0 Å². The van der Waals surface area contributed by atoms with Crippen LogP contribution in [0.25, 0.3) is 0 Å². The van der Waals surface area contributed by atoms with Crippen molar-refractivity contribution in [2.24, 2.45) is 0 Å². The fourth-order valence-corrected chi connectivity index (χ4v) is 3.79. The van der Waals surface area contributed by atoms with Crippen molar-refractivity contribution in [3.8, 4) is 5.75 Å². The van der Waals surface area contributed by atoms with Crippen molar-refractivity contribution >= 4 is 17.7 Å². The molecule has 1 heterocycles. The number of phenols is 1. The Labute approximate surface area is 194 Å². The Kier molecular flexibility index (Phi) is 7.46. The Bertz CT molecular complexity index is 966. The van der Waals surface area contributed by atoms with Crippen LogP contribution >= 0.6 is 0 Å². The molecule has 0 aromatic heterocycles. The minimum absolute atomic E-state index is 0.131. The molecule has 2 amide bonds. The van der Waals surface area contributed by atoms with Crippen LogP contribution in [0.5, 0.6) is 5.75 Å². The highest BCUT2D eigenvalue weighted by atomic mass is 19.1. The minimum atomic E-state index is -0.774. The molecule has 33 heavy (non-hydrogen) atoms. The van der Waals surface area contributed by atoms with Crippen molar-refractivity contribution in [3.63, 3.8) is 0 Å². The lowest BCUT2D eigenvalue weighted by Gasteiger charge is -2.39. The number of likely N-dealkylation sites (N-methyl/N-ethyl adjacent to an activating group) is 1. The first-order valence-electron chi connectivity index (χ1n) is 11.1. The molecular formula is C25H32FN3O4. The first-order valence-corrected chi connectivity index (χ1v) is 11.1. The molecule has 0 bridgehead atoms. The van der Waals surface area contributed by atoms with Gasteiger partial charge in [0.15, 0.2) is 0 Å². The lowest BCUT2D eigenvalue weighted by molar-refractivity contribution is -0.136. The third kappa shape index (κ3) is 6.37. The van der Waals surface area contributed by atoms with Crippen LogP contribution in [0, 0.1) is 5.82 Å². The lowest BCUT2D eigenvalue weighted by Crippen LogP contribution is -2.56. The summed E-state index contributed by atoms with van der Waals surface area (Å²) in [6, 6.07) is 12.4. The second kappa shape index (κ2) is 10.1. The van der Waals surface area contributed by atoms with Gasteiger partial charge in [-0.25, -0.2) is 9.18 Å². The van der Waals surface area contributed by atoms with Gasteiger partial charge in [0.2, 0.25) is 5.91 Å². The Morgan fingerprint density at radius 2 is 1.67 bits per heavy atom. The Balaban J connectivity index is 1.75. The number of hydrogen-bond acceptors (Lipinski definition) is 5. The van der Waals surface area contributed by atoms with Crippen LogP contribution in [-0.2, 0) is 16.0 Å². The molecule has 3 rings (SSSR count). The van der Waals surface area contributed by atoms with Gasteiger partial charge in [0.1, 0.15) is 23.2 Å². The molecule has 2 aromatic carbocycles. The van der Waals surface area contributed by atoms with Crippen LogP contribution in [0.2, 0.25) is 0 Å². The van der Waals surface area contributed by atoms with E-state index in [9.17, 15) is 19.1 Å². The molecule has 0 aliphatic carbocycles. The van der Waals surface area contributed by atoms with Crippen LogP contribution in [0.3, 0.4) is 0 Å². The highest BCUT2D eigenvalue weighted by Crippen LogP contribution is 2.22. The summed E-state index contributed by atoms with van der Waals surface area (Å²) in [6.07, 6.45) is -0.299. The van der Waals surface area contributed by atoms with Crippen LogP contribution in [0.15, 0.2) is 48.5 Å². The summed E-state index contributed by atoms with van der Waals surface area (Å²) in [5.41, 5.74) is 0.644. The van der Waals surface area contributed by atoms with E-state index in [4.69, 9.17) is 4.74 Å². The number of carbonyl (C=O) groups excluding carboxylic acids is 2. The molecule has 0 spiro atoms. The number of nitrogens with zero attached hydrogens (tertiary/aromatic N) is 3. The molecule has 1 N–H and O–H groups in total. The van der Waals surface area contributed by atoms with Gasteiger partial charge in [0, 0.05) is 39.6 Å². The first kappa shape index (κ1) is 24.4. The molecule has 0 radical (unpaired) electrons. The Morgan fingerprint density at radius 1 is 1.06 bits per heavy atom. The third-order valence-electron chi connectivity index (χ3n) is 5.58. The maximum Gasteiger partial charge on any atom is 0.410 e. The molecule has 1 aliphatic heterocycles. The molecule has 1 fully saturated rings. The van der Waals surface area contributed by atoms with E-state index in [0.717, 1.165) is 5.56 Å². The summed E-state index contributed by atoms with van der Waals surface area (Å²) in [7, 11) is 1.56. The van der Waals surface area contributed by atoms with Crippen LogP contribution in [-0.4, -0.2) is 71.8 Å². The van der Waals surface area contributed by atoms with E-state index in [0.29, 0.717) is 31.9 Å². The maximum absolute atomic E-state index is 14.2. The molecule has 0 saturated carbocycles. The predicted molar refractivity (Wildman–Crippen MR) is 125 cm³/mol. The van der Waals surface area contributed by atoms with Gasteiger partial charge in [0.25, 0.3) is 0 Å². The van der Waals surface area contributed by atoms with Gasteiger partial charge in [-0.1, -0.05) is 24.3 Å². The fourth-order valence-electron chi connectivity index (χ4n) is 3.79. The number of aromatic hydroxyl groups is 1. The number of para-hydroxylation sites is 1. The normalized spacial score (nSPS) is 15.2. The number of hydrogen-bond donors (Lipinski definition) is 1. The van der Waals surface area contributed by atoms with Crippen LogP contribution in [0.4, 0.5) is 14.9 Å². The predicted octanol–water partition coefficient (Wildman–Crippen LogP) is 3.66. The van der Waals surface area contributed by atoms with E-state index >= 15 is 0 Å². The van der Waals surface area contributed by atoms with Crippen LogP contribution in [0.1, 0.15) is 26.3 Å². The Hall–Kier alpha value is -3.29. The molecule has 1 saturated heterocycles. The Morgan fingerprint density at radius 3 is 2.24 bits per heavy atom. The number of ether oxygens (including phenoxy) is 1. The zero-order valence-electron chi connectivity index (χ0n) is 19.6. The minimum Gasteiger partial charge on any atom is -0.508 e. The van der Waals surface area contributed by atoms with Gasteiger partial charge < -0.3 is 19.6 Å². The van der Waals surface area contributed by atoms with Gasteiger partial charge >= 0.3 is 6.09 Å². The number of piperazine rings is 1. The highest BCUT2D eigenvalue weighted by Gasteiger charge is 2.34. The van der Waals surface area contributed by atoms with Crippen molar-refractivity contribution in [1.82, 2.24) is 9.80 Å². The number of halogens is 1. The number of rotatable bonds is 5. The number of phenolic OH excluding ortho intramolecular Hbond substituents is 1. The monoisotopic (exact) mass is 457 g/mol. The smallest absolute Gasteiger partial charge is 0.410 e. The van der Waals surface area contributed by atoms with Gasteiger partial charge in [-0.05, 0) is 50.6 Å². The maximum atomic E-state index is 14.2. The van der Waals surface area contributed by atoms with E-state index in [1.54, 1.807) is 75.2 Å². The summed E-state index contributed by atoms with van der Waals surface area (Å²) in [4.78, 5) is 31.2. The fraction of sp³-hybridized carbons (Fsp3) is 0.440. The van der Waals surface area contributed by atoms with Gasteiger partial charge in [-0.3, -0.25) is 9.69 Å². The summed E-state index contributed by atoms with van der Waals surface area (Å²) in [6.45, 7) is 7.15. The number of amides is 2. The molecule has 7 nitrogen and oxygen atoms in total. The lowest BCUT2D eigenvalue weighted by atomic mass is 10.0. The second-order valence-corrected chi connectivity index (χ2v) is 9.24. The van der Waals surface area contributed by atoms with Gasteiger partial charge in [0.05, 0.1) is 5.69 Å². The molecule has 178 valence electrons. The summed E-state index contributed by atoms with van der Waals surface area (Å²) in [5, 5.41) is 9.58. The van der Waals surface area contributed by atoms with E-state index in [1.807, 2.05) is 4.90 Å². The zero-order chi connectivity index (χ0) is 24.2. The topological polar surface area (TPSA) is 73.3 Å². The first-order chi connectivity index (χ1) is 15.5. The molecule has 2 aromatic rings. The third-order valence-corrected chi connectivity index (χ3v) is 5.58. The largest absolute Gasteiger partial charge is 0.508 e. The van der Waals surface area contributed by atoms with Crippen molar-refractivity contribution in [2.75, 3.05) is 38.1 Å². The zero-order valence-corrected chi connectivity index (χ0v) is 19.6. The van der Waals surface area contributed by atoms with Crippen molar-refractivity contribution in [2.45, 2.75) is 38.8 Å². The number of anilines is 1. The number of benzene rings is 2. The standard InChI is InChI=1S/C25H32FN3O4/c1-25(2,3)33-24(32)27(4)22(17-18-9-11-19(30)12-10-18)23(31)29-15-13-28(14-16-29)21-8-6-5-7-20(21)26/h5-12,22,30H,13-17H2,1-4H3. The highest BCUT2D eigenvalue weighted by molar-refractivity contribution is 5.86. The quantitative estimate of drug-likeness (QED) is 0.742. The van der Waals surface area contributed by atoms with Gasteiger partial charge in [-0.2, -0.15) is 0 Å². The van der Waals surface area contributed by atoms with E-state index in [2.05, 4.69) is 0 Å². The van der Waals surface area contributed by atoms with Crippen molar-refractivity contribution in [3.05, 3.63) is 59.9 Å². The number of carbonyl (C=O) groups is 2. The van der Waals surface area contributed by atoms with Crippen LogP contribution < -0.4 is 4.90 Å². The average Bonchev–Trinajstić information content (AvgIpc) is 2.77. The van der Waals surface area contributed by atoms with E-state index in [1.165, 1.54) is 11.0 Å². The van der Waals surface area contributed by atoms with Crippen molar-refractivity contribution < 1.29 is 23.8 Å². The van der Waals surface area contributed by atoms with E-state index < -0.39 is 17.7 Å². The second-order valence-electron chi connectivity index (χ2n) is 9.24. The molecular weight excluding hydrogens is 425 g/mol.